The van der Waals surface area contributed by atoms with Gasteiger partial charge in [0.2, 0.25) is 0 Å². The number of ether oxygens (including phenoxy) is 2. The molecule has 7 heteroatoms. The maximum atomic E-state index is 13.3. The molecule has 2 fully saturated rings. The van der Waals surface area contributed by atoms with Gasteiger partial charge >= 0.3 is 12.1 Å². The van der Waals surface area contributed by atoms with Crippen molar-refractivity contribution in [2.24, 2.45) is 11.3 Å². The largest absolute Gasteiger partial charge is 0.465 e. The molecule has 0 radical (unpaired) electrons. The van der Waals surface area contributed by atoms with E-state index in [0.29, 0.717) is 30.7 Å². The van der Waals surface area contributed by atoms with Crippen molar-refractivity contribution in [1.29, 1.82) is 0 Å². The van der Waals surface area contributed by atoms with Gasteiger partial charge in [-0.1, -0.05) is 84.9 Å². The summed E-state index contributed by atoms with van der Waals surface area (Å²) in [5.41, 5.74) is 3.61. The van der Waals surface area contributed by atoms with Crippen molar-refractivity contribution in [3.8, 4) is 0 Å². The number of carbonyl (C=O) groups is 3. The molecule has 0 bridgehead atoms. The molecule has 2 amide bonds. The quantitative estimate of drug-likeness (QED) is 0.315. The zero-order valence-electron chi connectivity index (χ0n) is 21.0. The second kappa shape index (κ2) is 10.9. The van der Waals surface area contributed by atoms with Gasteiger partial charge in [-0.25, -0.2) is 4.79 Å². The number of hydrogen-bond acceptors (Lipinski definition) is 5. The summed E-state index contributed by atoms with van der Waals surface area (Å²) in [6, 6.07) is 24.8. The zero-order valence-corrected chi connectivity index (χ0v) is 21.0. The summed E-state index contributed by atoms with van der Waals surface area (Å²) in [6.45, 7) is 4.65. The summed E-state index contributed by atoms with van der Waals surface area (Å²) in [4.78, 5) is 38.4. The fourth-order valence-corrected chi connectivity index (χ4v) is 5.38. The summed E-state index contributed by atoms with van der Waals surface area (Å²) in [5.74, 6) is -0.374. The molecule has 1 aliphatic heterocycles. The Morgan fingerprint density at radius 1 is 0.974 bits per heavy atom. The van der Waals surface area contributed by atoms with Crippen LogP contribution in [0.2, 0.25) is 0 Å². The van der Waals surface area contributed by atoms with Gasteiger partial charge in [0.05, 0.1) is 12.0 Å². The molecule has 5 rings (SSSR count). The van der Waals surface area contributed by atoms with Crippen LogP contribution in [-0.2, 0) is 32.1 Å². The lowest BCUT2D eigenvalue weighted by atomic mass is 9.75. The van der Waals surface area contributed by atoms with Gasteiger partial charge in [-0.2, -0.15) is 0 Å². The molecule has 3 unspecified atom stereocenters. The summed E-state index contributed by atoms with van der Waals surface area (Å²) in [7, 11) is 0. The van der Waals surface area contributed by atoms with E-state index in [-0.39, 0.29) is 18.5 Å². The Balaban J connectivity index is 1.25. The van der Waals surface area contributed by atoms with E-state index >= 15 is 0 Å². The van der Waals surface area contributed by atoms with Crippen LogP contribution in [0.4, 0.5) is 10.5 Å². The van der Waals surface area contributed by atoms with Gasteiger partial charge in [-0.15, -0.1) is 0 Å². The van der Waals surface area contributed by atoms with Crippen LogP contribution >= 0.6 is 0 Å². The molecule has 194 valence electrons. The van der Waals surface area contributed by atoms with E-state index in [1.807, 2.05) is 48.5 Å². The molecular formula is C31H30N2O5. The van der Waals surface area contributed by atoms with Crippen molar-refractivity contribution in [2.45, 2.75) is 31.9 Å². The first kappa shape index (κ1) is 25.3. The lowest BCUT2D eigenvalue weighted by molar-refractivity contribution is -0.146. The number of hydrogen-bond donors (Lipinski definition) is 2. The van der Waals surface area contributed by atoms with Crippen molar-refractivity contribution in [2.75, 3.05) is 11.9 Å². The van der Waals surface area contributed by atoms with Crippen LogP contribution < -0.4 is 10.6 Å². The summed E-state index contributed by atoms with van der Waals surface area (Å²) < 4.78 is 10.7. The van der Waals surface area contributed by atoms with Crippen molar-refractivity contribution in [3.63, 3.8) is 0 Å². The lowest BCUT2D eigenvalue weighted by Crippen LogP contribution is -2.37. The van der Waals surface area contributed by atoms with Gasteiger partial charge in [0.15, 0.2) is 0 Å². The van der Waals surface area contributed by atoms with E-state index < -0.39 is 23.5 Å². The molecule has 3 aromatic carbocycles. The number of benzene rings is 3. The SMILES string of the molecule is C=C1CC2COC(=O)C2(Cc2ccc(NC(=O)C(NC(=O)OCc3ccccc3)c3ccccc3)cc2)C1. The molecule has 2 N–H and O–H groups in total. The molecule has 38 heavy (non-hydrogen) atoms. The molecule has 1 heterocycles. The van der Waals surface area contributed by atoms with E-state index in [1.54, 1.807) is 36.4 Å². The fourth-order valence-electron chi connectivity index (χ4n) is 5.38. The second-order valence-corrected chi connectivity index (χ2v) is 10.00. The number of amides is 2. The predicted molar refractivity (Wildman–Crippen MR) is 143 cm³/mol. The molecular weight excluding hydrogens is 480 g/mol. The number of alkyl carbamates (subject to hydrolysis) is 1. The zero-order chi connectivity index (χ0) is 26.5. The first-order valence-corrected chi connectivity index (χ1v) is 12.7. The molecule has 3 aromatic rings. The lowest BCUT2D eigenvalue weighted by Gasteiger charge is -2.24. The number of carbonyl (C=O) groups excluding carboxylic acids is 3. The Hall–Kier alpha value is -4.39. The highest BCUT2D eigenvalue weighted by molar-refractivity contribution is 5.97. The van der Waals surface area contributed by atoms with Gasteiger partial charge in [0.25, 0.3) is 5.91 Å². The number of anilines is 1. The average Bonchev–Trinajstić information content (AvgIpc) is 3.41. The van der Waals surface area contributed by atoms with E-state index in [2.05, 4.69) is 17.2 Å². The van der Waals surface area contributed by atoms with E-state index in [1.165, 1.54) is 0 Å². The minimum absolute atomic E-state index is 0.0977. The molecule has 0 spiro atoms. The van der Waals surface area contributed by atoms with Crippen LogP contribution in [-0.4, -0.2) is 24.6 Å². The van der Waals surface area contributed by atoms with Crippen LogP contribution in [0.15, 0.2) is 97.1 Å². The molecule has 2 aliphatic rings. The molecule has 3 atom stereocenters. The first-order valence-electron chi connectivity index (χ1n) is 12.7. The highest BCUT2D eigenvalue weighted by atomic mass is 16.5. The number of esters is 1. The summed E-state index contributed by atoms with van der Waals surface area (Å²) in [6.07, 6.45) is 1.36. The van der Waals surface area contributed by atoms with E-state index in [0.717, 1.165) is 23.1 Å². The minimum atomic E-state index is -0.948. The third-order valence-electron chi connectivity index (χ3n) is 7.32. The van der Waals surface area contributed by atoms with Crippen LogP contribution in [0.1, 0.15) is 35.6 Å². The number of allylic oxidation sites excluding steroid dienone is 1. The van der Waals surface area contributed by atoms with Crippen LogP contribution in [0.25, 0.3) is 0 Å². The normalized spacial score (nSPS) is 20.8. The monoisotopic (exact) mass is 510 g/mol. The topological polar surface area (TPSA) is 93.7 Å². The number of rotatable bonds is 8. The first-order chi connectivity index (χ1) is 18.4. The van der Waals surface area contributed by atoms with Gasteiger partial charge in [-0.3, -0.25) is 9.59 Å². The third kappa shape index (κ3) is 5.47. The molecule has 7 nitrogen and oxygen atoms in total. The number of fused-ring (bicyclic) bond motifs is 1. The molecule has 0 aromatic heterocycles. The highest BCUT2D eigenvalue weighted by Gasteiger charge is 2.55. The smallest absolute Gasteiger partial charge is 0.408 e. The second-order valence-electron chi connectivity index (χ2n) is 10.00. The van der Waals surface area contributed by atoms with E-state index in [9.17, 15) is 14.4 Å². The van der Waals surface area contributed by atoms with Crippen molar-refractivity contribution in [3.05, 3.63) is 114 Å². The maximum Gasteiger partial charge on any atom is 0.408 e. The number of cyclic esters (lactones) is 1. The van der Waals surface area contributed by atoms with Gasteiger partial charge in [0, 0.05) is 11.6 Å². The Labute approximate surface area is 221 Å². The third-order valence-corrected chi connectivity index (χ3v) is 7.32. The fraction of sp³-hybridized carbons (Fsp3) is 0.258. The van der Waals surface area contributed by atoms with Crippen LogP contribution in [0, 0.1) is 11.3 Å². The Bertz CT molecular complexity index is 1320. The van der Waals surface area contributed by atoms with E-state index in [4.69, 9.17) is 9.47 Å². The highest BCUT2D eigenvalue weighted by Crippen LogP contribution is 2.52. The minimum Gasteiger partial charge on any atom is -0.465 e. The van der Waals surface area contributed by atoms with Crippen molar-refractivity contribution in [1.82, 2.24) is 5.32 Å². The molecule has 1 aliphatic carbocycles. The van der Waals surface area contributed by atoms with Gasteiger partial charge in [0.1, 0.15) is 12.6 Å². The van der Waals surface area contributed by atoms with Gasteiger partial charge in [-0.05, 0) is 48.1 Å². The standard InChI is InChI=1S/C31H30N2O5/c1-21-16-25-20-37-29(35)31(25,17-21)18-22-12-14-26(15-13-22)32-28(34)27(24-10-6-3-7-11-24)33-30(36)38-19-23-8-4-2-5-9-23/h2-15,25,27H,1,16-20H2,(H,32,34)(H,33,36). The van der Waals surface area contributed by atoms with Crippen molar-refractivity contribution < 1.29 is 23.9 Å². The molecule has 1 saturated heterocycles. The maximum absolute atomic E-state index is 13.3. The summed E-state index contributed by atoms with van der Waals surface area (Å²) in [5, 5.41) is 5.57. The molecule has 1 saturated carbocycles. The van der Waals surface area contributed by atoms with Crippen molar-refractivity contribution >= 4 is 23.7 Å². The average molecular weight is 511 g/mol. The Morgan fingerprint density at radius 3 is 2.37 bits per heavy atom. The Morgan fingerprint density at radius 2 is 1.66 bits per heavy atom. The van der Waals surface area contributed by atoms with Crippen LogP contribution in [0.5, 0.6) is 0 Å². The number of nitrogens with one attached hydrogen (secondary N) is 2. The Kier molecular flexibility index (Phi) is 7.26. The van der Waals surface area contributed by atoms with Crippen LogP contribution in [0.3, 0.4) is 0 Å². The summed E-state index contributed by atoms with van der Waals surface area (Å²) >= 11 is 0. The van der Waals surface area contributed by atoms with Gasteiger partial charge < -0.3 is 20.1 Å². The predicted octanol–water partition coefficient (Wildman–Crippen LogP) is 5.34.